The number of esters is 1. The molecule has 0 spiro atoms. The second-order valence-corrected chi connectivity index (χ2v) is 8.80. The first-order valence-electron chi connectivity index (χ1n) is 9.05. The zero-order valence-corrected chi connectivity index (χ0v) is 14.4. The van der Waals surface area contributed by atoms with E-state index in [1.165, 1.54) is 25.7 Å². The van der Waals surface area contributed by atoms with Crippen LogP contribution in [-0.4, -0.2) is 11.6 Å². The maximum absolute atomic E-state index is 12.7. The Hall–Kier alpha value is -0.530. The van der Waals surface area contributed by atoms with Crippen LogP contribution in [0, 0.1) is 35.0 Å². The van der Waals surface area contributed by atoms with Gasteiger partial charge in [0.05, 0.1) is 5.41 Å². The number of hydrogen-bond acceptors (Lipinski definition) is 2. The van der Waals surface area contributed by atoms with Crippen molar-refractivity contribution in [2.45, 2.75) is 78.7 Å². The van der Waals surface area contributed by atoms with Crippen molar-refractivity contribution in [3.8, 4) is 0 Å². The van der Waals surface area contributed by atoms with Gasteiger partial charge in [-0.1, -0.05) is 27.2 Å². The summed E-state index contributed by atoms with van der Waals surface area (Å²) < 4.78 is 6.32. The lowest BCUT2D eigenvalue weighted by molar-refractivity contribution is -0.188. The molecular weight excluding hydrogens is 260 g/mol. The Morgan fingerprint density at radius 3 is 2.57 bits per heavy atom. The molecule has 2 bridgehead atoms. The number of hydrogen-bond donors (Lipinski definition) is 0. The largest absolute Gasteiger partial charge is 0.458 e. The molecule has 0 aromatic rings. The zero-order chi connectivity index (χ0) is 15.4. The van der Waals surface area contributed by atoms with Crippen LogP contribution < -0.4 is 0 Å². The van der Waals surface area contributed by atoms with Crippen molar-refractivity contribution in [1.82, 2.24) is 0 Å². The van der Waals surface area contributed by atoms with Gasteiger partial charge in [0.15, 0.2) is 0 Å². The van der Waals surface area contributed by atoms with Crippen LogP contribution in [0.25, 0.3) is 0 Å². The first-order chi connectivity index (χ1) is 9.82. The first-order valence-corrected chi connectivity index (χ1v) is 9.05. The van der Waals surface area contributed by atoms with Crippen molar-refractivity contribution in [3.63, 3.8) is 0 Å². The van der Waals surface area contributed by atoms with Crippen molar-refractivity contribution in [3.05, 3.63) is 0 Å². The van der Waals surface area contributed by atoms with Gasteiger partial charge in [-0.15, -0.1) is 0 Å². The molecule has 3 aliphatic carbocycles. The Morgan fingerprint density at radius 2 is 1.95 bits per heavy atom. The smallest absolute Gasteiger partial charge is 0.312 e. The minimum atomic E-state index is -0.348. The third-order valence-electron chi connectivity index (χ3n) is 7.21. The highest BCUT2D eigenvalue weighted by Crippen LogP contribution is 2.65. The standard InChI is InChI=1S/C19H32O2/c1-6-18(4,5)17(20)21-19(12(2)3)11-13-10-16(19)15-9-7-8-14(13)15/h12-16H,6-11H2,1-5H3. The fourth-order valence-electron chi connectivity index (χ4n) is 5.49. The maximum atomic E-state index is 12.7. The van der Waals surface area contributed by atoms with Crippen molar-refractivity contribution < 1.29 is 9.53 Å². The molecule has 120 valence electrons. The summed E-state index contributed by atoms with van der Waals surface area (Å²) in [5.41, 5.74) is -0.515. The molecule has 0 heterocycles. The number of carbonyl (C=O) groups excluding carboxylic acids is 1. The van der Waals surface area contributed by atoms with E-state index in [4.69, 9.17) is 4.74 Å². The van der Waals surface area contributed by atoms with Gasteiger partial charge in [0.25, 0.3) is 0 Å². The first kappa shape index (κ1) is 15.4. The quantitative estimate of drug-likeness (QED) is 0.695. The summed E-state index contributed by atoms with van der Waals surface area (Å²) in [7, 11) is 0. The predicted octanol–water partition coefficient (Wildman–Crippen LogP) is 4.82. The van der Waals surface area contributed by atoms with Crippen LogP contribution in [0.2, 0.25) is 0 Å². The molecule has 2 heteroatoms. The van der Waals surface area contributed by atoms with Gasteiger partial charge < -0.3 is 4.74 Å². The van der Waals surface area contributed by atoms with E-state index in [2.05, 4.69) is 20.8 Å². The molecule has 0 aliphatic heterocycles. The second-order valence-electron chi connectivity index (χ2n) is 8.80. The maximum Gasteiger partial charge on any atom is 0.312 e. The van der Waals surface area contributed by atoms with E-state index in [0.29, 0.717) is 11.8 Å². The Labute approximate surface area is 130 Å². The molecule has 0 aromatic heterocycles. The summed E-state index contributed by atoms with van der Waals surface area (Å²) in [6.07, 6.45) is 7.48. The lowest BCUT2D eigenvalue weighted by Gasteiger charge is -2.46. The molecule has 5 unspecified atom stereocenters. The minimum absolute atomic E-state index is 0.0285. The highest BCUT2D eigenvalue weighted by Gasteiger charge is 2.64. The Balaban J connectivity index is 1.84. The molecule has 3 aliphatic rings. The number of rotatable bonds is 4. The van der Waals surface area contributed by atoms with E-state index in [1.54, 1.807) is 0 Å². The van der Waals surface area contributed by atoms with Gasteiger partial charge in [0.1, 0.15) is 5.60 Å². The molecule has 3 rings (SSSR count). The Morgan fingerprint density at radius 1 is 1.29 bits per heavy atom. The Bertz CT molecular complexity index is 425. The number of fused-ring (bicyclic) bond motifs is 5. The summed E-state index contributed by atoms with van der Waals surface area (Å²) in [5, 5.41) is 0. The van der Waals surface area contributed by atoms with Gasteiger partial charge in [-0.05, 0) is 69.6 Å². The van der Waals surface area contributed by atoms with Crippen LogP contribution in [0.4, 0.5) is 0 Å². The molecule has 0 saturated heterocycles. The van der Waals surface area contributed by atoms with E-state index in [9.17, 15) is 4.79 Å². The third kappa shape index (κ3) is 2.16. The summed E-state index contributed by atoms with van der Waals surface area (Å²) in [4.78, 5) is 12.7. The van der Waals surface area contributed by atoms with E-state index in [0.717, 1.165) is 30.6 Å². The SMILES string of the molecule is CCC(C)(C)C(=O)OC1(C(C)C)CC2CC1C1CCCC21. The molecular formula is C19H32O2. The van der Waals surface area contributed by atoms with Crippen molar-refractivity contribution in [1.29, 1.82) is 0 Å². The van der Waals surface area contributed by atoms with E-state index >= 15 is 0 Å². The van der Waals surface area contributed by atoms with Gasteiger partial charge >= 0.3 is 5.97 Å². The highest BCUT2D eigenvalue weighted by molar-refractivity contribution is 5.76. The lowest BCUT2D eigenvalue weighted by Crippen LogP contribution is -2.50. The monoisotopic (exact) mass is 292 g/mol. The molecule has 0 N–H and O–H groups in total. The summed E-state index contributed by atoms with van der Waals surface area (Å²) in [5.74, 6) is 3.70. The number of carbonyl (C=O) groups is 1. The lowest BCUT2D eigenvalue weighted by atomic mass is 9.68. The summed E-state index contributed by atoms with van der Waals surface area (Å²) in [6.45, 7) is 10.6. The topological polar surface area (TPSA) is 26.3 Å². The molecule has 3 fully saturated rings. The van der Waals surface area contributed by atoms with Gasteiger partial charge in [-0.3, -0.25) is 4.79 Å². The average Bonchev–Trinajstić information content (AvgIpc) is 3.09. The number of ether oxygens (including phenoxy) is 1. The Kier molecular flexibility index (Phi) is 3.65. The molecule has 21 heavy (non-hydrogen) atoms. The third-order valence-corrected chi connectivity index (χ3v) is 7.21. The van der Waals surface area contributed by atoms with Crippen molar-refractivity contribution in [2.24, 2.45) is 35.0 Å². The van der Waals surface area contributed by atoms with E-state index in [-0.39, 0.29) is 17.0 Å². The van der Waals surface area contributed by atoms with E-state index < -0.39 is 0 Å². The van der Waals surface area contributed by atoms with Crippen molar-refractivity contribution in [2.75, 3.05) is 0 Å². The molecule has 3 saturated carbocycles. The van der Waals surface area contributed by atoms with Crippen LogP contribution in [0.5, 0.6) is 0 Å². The molecule has 0 radical (unpaired) electrons. The van der Waals surface area contributed by atoms with Crippen LogP contribution in [0.3, 0.4) is 0 Å². The van der Waals surface area contributed by atoms with Gasteiger partial charge in [0, 0.05) is 5.92 Å². The molecule has 2 nitrogen and oxygen atoms in total. The van der Waals surface area contributed by atoms with Gasteiger partial charge in [-0.25, -0.2) is 0 Å². The second kappa shape index (κ2) is 4.99. The van der Waals surface area contributed by atoms with E-state index in [1.807, 2.05) is 13.8 Å². The zero-order valence-electron chi connectivity index (χ0n) is 14.4. The molecule has 0 amide bonds. The van der Waals surface area contributed by atoms with Gasteiger partial charge in [0.2, 0.25) is 0 Å². The normalized spacial score (nSPS) is 41.6. The average molecular weight is 292 g/mol. The minimum Gasteiger partial charge on any atom is -0.458 e. The van der Waals surface area contributed by atoms with Crippen LogP contribution in [0.1, 0.15) is 73.1 Å². The highest BCUT2D eigenvalue weighted by atomic mass is 16.6. The van der Waals surface area contributed by atoms with Crippen LogP contribution in [0.15, 0.2) is 0 Å². The van der Waals surface area contributed by atoms with Crippen LogP contribution >= 0.6 is 0 Å². The fourth-order valence-corrected chi connectivity index (χ4v) is 5.49. The van der Waals surface area contributed by atoms with Crippen LogP contribution in [-0.2, 0) is 9.53 Å². The summed E-state index contributed by atoms with van der Waals surface area (Å²) in [6, 6.07) is 0. The fraction of sp³-hybridized carbons (Fsp3) is 0.947. The summed E-state index contributed by atoms with van der Waals surface area (Å²) >= 11 is 0. The van der Waals surface area contributed by atoms with Crippen molar-refractivity contribution >= 4 is 5.97 Å². The molecule has 5 atom stereocenters. The van der Waals surface area contributed by atoms with Gasteiger partial charge in [-0.2, -0.15) is 0 Å². The molecule has 0 aromatic carbocycles. The predicted molar refractivity (Wildman–Crippen MR) is 84.8 cm³/mol.